The molecular formula is C25H36O9. The van der Waals surface area contributed by atoms with Gasteiger partial charge in [0, 0.05) is 24.2 Å². The Morgan fingerprint density at radius 1 is 1.03 bits per heavy atom. The first-order valence-electron chi connectivity index (χ1n) is 12.6. The molecule has 5 rings (SSSR count). The van der Waals surface area contributed by atoms with E-state index >= 15 is 0 Å². The van der Waals surface area contributed by atoms with E-state index in [-0.39, 0.29) is 46.8 Å². The summed E-state index contributed by atoms with van der Waals surface area (Å²) in [5, 5.41) is 39.6. The van der Waals surface area contributed by atoms with E-state index in [4.69, 9.17) is 9.47 Å². The number of ketones is 2. The van der Waals surface area contributed by atoms with E-state index in [1.165, 1.54) is 0 Å². The minimum absolute atomic E-state index is 0.0546. The fourth-order valence-electron chi connectivity index (χ4n) is 8.29. The van der Waals surface area contributed by atoms with Crippen molar-refractivity contribution >= 4 is 17.5 Å². The number of hydrogen-bond acceptors (Lipinski definition) is 8. The molecule has 0 radical (unpaired) electrons. The van der Waals surface area contributed by atoms with Gasteiger partial charge in [-0.05, 0) is 61.7 Å². The first kappa shape index (κ1) is 24.3. The van der Waals surface area contributed by atoms with Crippen molar-refractivity contribution in [3.05, 3.63) is 0 Å². The lowest BCUT2D eigenvalue weighted by Gasteiger charge is -2.59. The van der Waals surface area contributed by atoms with Crippen LogP contribution in [-0.4, -0.2) is 74.8 Å². The van der Waals surface area contributed by atoms with E-state index in [1.54, 1.807) is 0 Å². The second kappa shape index (κ2) is 8.34. The van der Waals surface area contributed by atoms with E-state index in [9.17, 15) is 34.8 Å². The van der Waals surface area contributed by atoms with Crippen LogP contribution in [0.4, 0.5) is 0 Å². The Morgan fingerprint density at radius 3 is 2.47 bits per heavy atom. The van der Waals surface area contributed by atoms with Crippen LogP contribution in [0.25, 0.3) is 0 Å². The Hall–Kier alpha value is -1.39. The van der Waals surface area contributed by atoms with Gasteiger partial charge in [0.05, 0.1) is 6.10 Å². The van der Waals surface area contributed by atoms with Gasteiger partial charge >= 0.3 is 5.97 Å². The molecule has 5 aliphatic rings. The fourth-order valence-corrected chi connectivity index (χ4v) is 8.29. The number of ether oxygens (including phenoxy) is 2. The van der Waals surface area contributed by atoms with Crippen molar-refractivity contribution in [3.63, 3.8) is 0 Å². The zero-order valence-corrected chi connectivity index (χ0v) is 19.8. The number of carboxylic acids is 1. The Kier molecular flexibility index (Phi) is 5.96. The van der Waals surface area contributed by atoms with Crippen LogP contribution in [0.2, 0.25) is 0 Å². The van der Waals surface area contributed by atoms with Gasteiger partial charge in [0.2, 0.25) is 0 Å². The van der Waals surface area contributed by atoms with Gasteiger partial charge in [-0.3, -0.25) is 9.59 Å². The molecule has 9 heteroatoms. The number of fused-ring (bicyclic) bond motifs is 5. The van der Waals surface area contributed by atoms with Crippen molar-refractivity contribution in [1.82, 2.24) is 0 Å². The lowest BCUT2D eigenvalue weighted by Crippen LogP contribution is -2.61. The Labute approximate surface area is 198 Å². The molecular weight excluding hydrogens is 444 g/mol. The molecule has 1 saturated heterocycles. The van der Waals surface area contributed by atoms with Crippen molar-refractivity contribution in [1.29, 1.82) is 0 Å². The quantitative estimate of drug-likeness (QED) is 0.435. The molecule has 1 unspecified atom stereocenters. The van der Waals surface area contributed by atoms with Crippen LogP contribution < -0.4 is 0 Å². The smallest absolute Gasteiger partial charge is 0.335 e. The zero-order valence-electron chi connectivity index (χ0n) is 19.8. The summed E-state index contributed by atoms with van der Waals surface area (Å²) in [4.78, 5) is 37.4. The Balaban J connectivity index is 1.30. The molecule has 0 aromatic carbocycles. The van der Waals surface area contributed by atoms with Crippen molar-refractivity contribution < 1.29 is 44.3 Å². The van der Waals surface area contributed by atoms with Crippen molar-refractivity contribution in [2.24, 2.45) is 34.5 Å². The third kappa shape index (κ3) is 3.50. The molecule has 0 aromatic rings. The standard InChI is InChI=1S/C25H36O9/c1-24-8-7-12(33-23-20(30)18(28)19(29)21(34-23)22(31)32)9-11(24)3-4-13-14-5-6-16(27)25(14,2)10-15(26)17(13)24/h11-14,17-21,23,28-30H,3-10H2,1-2H3,(H,31,32)/t11?,12-,13+,14+,17-,18+,19+,20-,21+,23-,24+,25+/m1/s1. The van der Waals surface area contributed by atoms with Gasteiger partial charge in [-0.15, -0.1) is 0 Å². The van der Waals surface area contributed by atoms with Gasteiger partial charge in [-0.25, -0.2) is 4.79 Å². The van der Waals surface area contributed by atoms with Crippen molar-refractivity contribution in [2.45, 2.75) is 102 Å². The van der Waals surface area contributed by atoms with Crippen LogP contribution in [0.5, 0.6) is 0 Å². The summed E-state index contributed by atoms with van der Waals surface area (Å²) in [6.45, 7) is 4.19. The number of carbonyl (C=O) groups is 3. The number of aliphatic carboxylic acids is 1. The number of carbonyl (C=O) groups excluding carboxylic acids is 2. The van der Waals surface area contributed by atoms with Crippen LogP contribution >= 0.6 is 0 Å². The molecule has 9 nitrogen and oxygen atoms in total. The summed E-state index contributed by atoms with van der Waals surface area (Å²) in [7, 11) is 0. The van der Waals surface area contributed by atoms with Crippen LogP contribution in [0, 0.1) is 34.5 Å². The molecule has 0 amide bonds. The predicted octanol–water partition coefficient (Wildman–Crippen LogP) is 1.05. The molecule has 4 saturated carbocycles. The molecule has 34 heavy (non-hydrogen) atoms. The molecule has 4 aliphatic carbocycles. The number of carboxylic acid groups (broad SMARTS) is 1. The minimum atomic E-state index is -1.75. The van der Waals surface area contributed by atoms with Crippen LogP contribution in [0.1, 0.15) is 65.2 Å². The third-order valence-electron chi connectivity index (χ3n) is 10.2. The molecule has 0 aromatic heterocycles. The van der Waals surface area contributed by atoms with Gasteiger partial charge in [-0.2, -0.15) is 0 Å². The second-order valence-corrected chi connectivity index (χ2v) is 11.8. The predicted molar refractivity (Wildman–Crippen MR) is 116 cm³/mol. The lowest BCUT2D eigenvalue weighted by molar-refractivity contribution is -0.309. The highest BCUT2D eigenvalue weighted by Crippen LogP contribution is 2.64. The number of Topliss-reactive ketones (excluding diaryl/α,β-unsaturated/α-hetero) is 2. The SMILES string of the molecule is C[C@]12CC[C@@H](O[C@@H]3O[C@H](C(=O)O)[C@@H](O)[C@H](O)[C@H]3O)CC1CC[C@@H]1[C@@H]2C(=O)C[C@]2(C)C(=O)CC[C@@H]12. The monoisotopic (exact) mass is 480 g/mol. The van der Waals surface area contributed by atoms with Crippen molar-refractivity contribution in [3.8, 4) is 0 Å². The zero-order chi connectivity index (χ0) is 24.6. The van der Waals surface area contributed by atoms with Gasteiger partial charge in [0.25, 0.3) is 0 Å². The maximum Gasteiger partial charge on any atom is 0.335 e. The first-order valence-corrected chi connectivity index (χ1v) is 12.6. The fraction of sp³-hybridized carbons (Fsp3) is 0.880. The second-order valence-electron chi connectivity index (χ2n) is 11.8. The summed E-state index contributed by atoms with van der Waals surface area (Å²) < 4.78 is 11.3. The highest BCUT2D eigenvalue weighted by atomic mass is 16.7. The highest BCUT2D eigenvalue weighted by Gasteiger charge is 2.63. The average Bonchev–Trinajstić information content (AvgIpc) is 3.07. The first-order chi connectivity index (χ1) is 16.0. The van der Waals surface area contributed by atoms with Gasteiger partial charge in [0.1, 0.15) is 29.9 Å². The molecule has 5 fully saturated rings. The summed E-state index contributed by atoms with van der Waals surface area (Å²) in [5.74, 6) is -0.279. The van der Waals surface area contributed by atoms with E-state index in [2.05, 4.69) is 6.92 Å². The van der Waals surface area contributed by atoms with E-state index < -0.39 is 42.1 Å². The summed E-state index contributed by atoms with van der Waals surface area (Å²) >= 11 is 0. The van der Waals surface area contributed by atoms with Gasteiger partial charge in [-0.1, -0.05) is 13.8 Å². The van der Waals surface area contributed by atoms with Crippen LogP contribution in [0.3, 0.4) is 0 Å². The highest BCUT2D eigenvalue weighted by molar-refractivity contribution is 5.95. The topological polar surface area (TPSA) is 151 Å². The normalized spacial score (nSPS) is 53.1. The van der Waals surface area contributed by atoms with E-state index in [1.807, 2.05) is 6.92 Å². The Morgan fingerprint density at radius 2 is 1.76 bits per heavy atom. The summed E-state index contributed by atoms with van der Waals surface area (Å²) in [6, 6.07) is 0. The van der Waals surface area contributed by atoms with Crippen LogP contribution in [0.15, 0.2) is 0 Å². The molecule has 4 N–H and O–H groups in total. The largest absolute Gasteiger partial charge is 0.479 e. The molecule has 0 bridgehead atoms. The Bertz CT molecular complexity index is 874. The van der Waals surface area contributed by atoms with Crippen molar-refractivity contribution in [2.75, 3.05) is 0 Å². The average molecular weight is 481 g/mol. The number of rotatable bonds is 3. The number of hydrogen-bond donors (Lipinski definition) is 4. The van der Waals surface area contributed by atoms with Crippen LogP contribution in [-0.2, 0) is 23.9 Å². The molecule has 1 heterocycles. The number of aliphatic hydroxyl groups is 3. The summed E-state index contributed by atoms with van der Waals surface area (Å²) in [6.07, 6.45) is -2.69. The third-order valence-corrected chi connectivity index (χ3v) is 10.2. The molecule has 12 atom stereocenters. The molecule has 0 spiro atoms. The lowest BCUT2D eigenvalue weighted by atomic mass is 9.45. The van der Waals surface area contributed by atoms with E-state index in [0.717, 1.165) is 25.7 Å². The maximum atomic E-state index is 13.4. The van der Waals surface area contributed by atoms with Gasteiger partial charge in [0.15, 0.2) is 12.4 Å². The van der Waals surface area contributed by atoms with E-state index in [0.29, 0.717) is 25.7 Å². The molecule has 190 valence electrons. The van der Waals surface area contributed by atoms with Gasteiger partial charge < -0.3 is 29.9 Å². The maximum absolute atomic E-state index is 13.4. The summed E-state index contributed by atoms with van der Waals surface area (Å²) in [5.41, 5.74) is -0.680. The minimum Gasteiger partial charge on any atom is -0.479 e. The number of aliphatic hydroxyl groups excluding tert-OH is 3. The molecule has 1 aliphatic heterocycles.